The van der Waals surface area contributed by atoms with E-state index in [9.17, 15) is 0 Å². The van der Waals surface area contributed by atoms with Crippen LogP contribution < -0.4 is 0 Å². The lowest BCUT2D eigenvalue weighted by Crippen LogP contribution is -2.15. The first-order chi connectivity index (χ1) is 21.7. The summed E-state index contributed by atoms with van der Waals surface area (Å²) in [5.41, 5.74) is 16.6. The summed E-state index contributed by atoms with van der Waals surface area (Å²) in [6, 6.07) is 46.3. The molecule has 1 N–H and O–H groups in total. The summed E-state index contributed by atoms with van der Waals surface area (Å²) in [4.78, 5) is 3.57. The Labute approximate surface area is 274 Å². The number of halogens is 1. The monoisotopic (exact) mass is 645 g/mol. The van der Waals surface area contributed by atoms with E-state index in [-0.39, 0.29) is 10.8 Å². The van der Waals surface area contributed by atoms with Gasteiger partial charge in [0.05, 0.1) is 0 Å². The smallest absolute Gasteiger partial charge is 0.0468 e. The zero-order valence-corrected chi connectivity index (χ0v) is 27.8. The van der Waals surface area contributed by atoms with Crippen molar-refractivity contribution in [1.29, 1.82) is 0 Å². The van der Waals surface area contributed by atoms with Gasteiger partial charge in [0.15, 0.2) is 0 Å². The minimum Gasteiger partial charge on any atom is -0.355 e. The van der Waals surface area contributed by atoms with Crippen LogP contribution in [0.3, 0.4) is 0 Å². The highest BCUT2D eigenvalue weighted by molar-refractivity contribution is 9.10. The summed E-state index contributed by atoms with van der Waals surface area (Å²) in [6.07, 6.45) is 0.959. The normalized spacial score (nSPS) is 14.8. The largest absolute Gasteiger partial charge is 0.355 e. The molecule has 0 unspecified atom stereocenters. The summed E-state index contributed by atoms with van der Waals surface area (Å²) >= 11 is 3.66. The maximum Gasteiger partial charge on any atom is 0.0468 e. The van der Waals surface area contributed by atoms with Gasteiger partial charge in [-0.15, -0.1) is 0 Å². The highest BCUT2D eigenvalue weighted by Gasteiger charge is 2.36. The van der Waals surface area contributed by atoms with E-state index in [0.29, 0.717) is 0 Å². The quantitative estimate of drug-likeness (QED) is 0.192. The Morgan fingerprint density at radius 3 is 1.80 bits per heavy atom. The van der Waals surface area contributed by atoms with E-state index >= 15 is 0 Å². The summed E-state index contributed by atoms with van der Waals surface area (Å²) in [6.45, 7) is 9.32. The average Bonchev–Trinajstić information content (AvgIpc) is 3.61. The number of H-pyrrole nitrogens is 1. The fraction of sp³-hybridized carbons (Fsp3) is 0.163. The highest BCUT2D eigenvalue weighted by atomic mass is 79.9. The molecule has 0 bridgehead atoms. The Bertz CT molecular complexity index is 2260. The SMILES string of the molecule is CC1(C)c2ccccc2-c2cc3c(cc21)[nH]c1ccccc13.CC1(C)c2ccccc2-c2ccc(Cc3ccccc3Br)cc21. The summed E-state index contributed by atoms with van der Waals surface area (Å²) in [5.74, 6) is 0. The van der Waals surface area contributed by atoms with Crippen molar-refractivity contribution in [2.75, 3.05) is 0 Å². The van der Waals surface area contributed by atoms with Crippen LogP contribution in [0.15, 0.2) is 132 Å². The predicted octanol–water partition coefficient (Wildman–Crippen LogP) is 12.0. The van der Waals surface area contributed by atoms with Crippen LogP contribution in [0.2, 0.25) is 0 Å². The van der Waals surface area contributed by atoms with Gasteiger partial charge in [0.1, 0.15) is 0 Å². The molecule has 0 fully saturated rings. The molecule has 2 aliphatic rings. The van der Waals surface area contributed by atoms with Gasteiger partial charge in [0, 0.05) is 37.1 Å². The Kier molecular flexibility index (Phi) is 6.45. The maximum atomic E-state index is 3.66. The minimum absolute atomic E-state index is 0.0669. The van der Waals surface area contributed by atoms with E-state index in [1.54, 1.807) is 0 Å². The number of aromatic amines is 1. The number of rotatable bonds is 2. The molecular formula is C43H36BrN. The van der Waals surface area contributed by atoms with Crippen LogP contribution in [0.25, 0.3) is 44.1 Å². The van der Waals surface area contributed by atoms with E-state index in [1.807, 2.05) is 0 Å². The second kappa shape index (κ2) is 10.3. The molecule has 0 saturated heterocycles. The number of aromatic nitrogens is 1. The summed E-state index contributed by atoms with van der Waals surface area (Å²) in [7, 11) is 0. The van der Waals surface area contributed by atoms with Gasteiger partial charge in [-0.2, -0.15) is 0 Å². The molecule has 1 aromatic heterocycles. The number of hydrogen-bond acceptors (Lipinski definition) is 0. The van der Waals surface area contributed by atoms with E-state index < -0.39 is 0 Å². The van der Waals surface area contributed by atoms with E-state index in [1.165, 1.54) is 81.9 Å². The molecular weight excluding hydrogens is 610 g/mol. The van der Waals surface area contributed by atoms with Crippen LogP contribution in [0, 0.1) is 0 Å². The van der Waals surface area contributed by atoms with Gasteiger partial charge in [-0.3, -0.25) is 0 Å². The van der Waals surface area contributed by atoms with Crippen LogP contribution in [0.4, 0.5) is 0 Å². The third-order valence-electron chi connectivity index (χ3n) is 10.2. The van der Waals surface area contributed by atoms with Gasteiger partial charge >= 0.3 is 0 Å². The minimum atomic E-state index is 0.0669. The molecule has 45 heavy (non-hydrogen) atoms. The van der Waals surface area contributed by atoms with E-state index in [2.05, 4.69) is 176 Å². The molecule has 7 aromatic rings. The third-order valence-corrected chi connectivity index (χ3v) is 11.0. The number of hydrogen-bond donors (Lipinski definition) is 1. The van der Waals surface area contributed by atoms with Crippen LogP contribution in [0.1, 0.15) is 61.1 Å². The van der Waals surface area contributed by atoms with Gasteiger partial charge in [0.2, 0.25) is 0 Å². The lowest BCUT2D eigenvalue weighted by atomic mass is 9.81. The summed E-state index contributed by atoms with van der Waals surface area (Å²) in [5, 5.41) is 2.63. The fourth-order valence-electron chi connectivity index (χ4n) is 7.77. The van der Waals surface area contributed by atoms with Crippen molar-refractivity contribution < 1.29 is 0 Å². The summed E-state index contributed by atoms with van der Waals surface area (Å²) < 4.78 is 1.18. The lowest BCUT2D eigenvalue weighted by Gasteiger charge is -2.22. The molecule has 0 amide bonds. The van der Waals surface area contributed by atoms with Crippen molar-refractivity contribution in [2.45, 2.75) is 44.9 Å². The van der Waals surface area contributed by atoms with Crippen molar-refractivity contribution in [3.05, 3.63) is 165 Å². The number of nitrogens with one attached hydrogen (secondary N) is 1. The third kappa shape index (κ3) is 4.42. The van der Waals surface area contributed by atoms with E-state index in [4.69, 9.17) is 0 Å². The number of para-hydroxylation sites is 1. The molecule has 9 rings (SSSR count). The molecule has 0 atom stereocenters. The van der Waals surface area contributed by atoms with Gasteiger partial charge < -0.3 is 4.98 Å². The molecule has 1 heterocycles. The average molecular weight is 647 g/mol. The molecule has 0 saturated carbocycles. The van der Waals surface area contributed by atoms with Crippen LogP contribution in [-0.2, 0) is 17.3 Å². The first-order valence-electron chi connectivity index (χ1n) is 15.8. The van der Waals surface area contributed by atoms with Crippen molar-refractivity contribution in [3.8, 4) is 22.3 Å². The second-order valence-electron chi connectivity index (χ2n) is 13.6. The Morgan fingerprint density at radius 1 is 0.489 bits per heavy atom. The highest BCUT2D eigenvalue weighted by Crippen LogP contribution is 2.51. The van der Waals surface area contributed by atoms with Crippen molar-refractivity contribution in [2.24, 2.45) is 0 Å². The standard InChI is InChI=1S/C22H19Br.C21H17N/c1-22(2)19-9-5-4-8-17(19)18-12-11-15(14-20(18)22)13-16-7-3-6-10-21(16)23;1-21(2)17-9-5-3-7-13(17)15-11-16-14-8-4-6-10-19(14)22-20(16)12-18(15)21/h3-12,14H,13H2,1-2H3;3-12,22H,1-2H3. The van der Waals surface area contributed by atoms with E-state index in [0.717, 1.165) is 6.42 Å². The molecule has 1 nitrogen and oxygen atoms in total. The fourth-order valence-corrected chi connectivity index (χ4v) is 8.19. The van der Waals surface area contributed by atoms with Crippen molar-refractivity contribution in [1.82, 2.24) is 4.98 Å². The molecule has 220 valence electrons. The molecule has 2 heteroatoms. The van der Waals surface area contributed by atoms with Gasteiger partial charge in [-0.05, 0) is 86.3 Å². The Hall–Kier alpha value is -4.40. The van der Waals surface area contributed by atoms with Gasteiger partial charge in [-0.25, -0.2) is 0 Å². The number of benzene rings is 6. The molecule has 0 radical (unpaired) electrons. The molecule has 6 aromatic carbocycles. The predicted molar refractivity (Wildman–Crippen MR) is 194 cm³/mol. The Morgan fingerprint density at radius 2 is 1.07 bits per heavy atom. The van der Waals surface area contributed by atoms with Crippen molar-refractivity contribution in [3.63, 3.8) is 0 Å². The maximum absolute atomic E-state index is 3.66. The van der Waals surface area contributed by atoms with Crippen LogP contribution >= 0.6 is 15.9 Å². The van der Waals surface area contributed by atoms with Gasteiger partial charge in [0.25, 0.3) is 0 Å². The zero-order chi connectivity index (χ0) is 30.9. The van der Waals surface area contributed by atoms with Crippen LogP contribution in [0.5, 0.6) is 0 Å². The first kappa shape index (κ1) is 28.1. The van der Waals surface area contributed by atoms with Crippen molar-refractivity contribution >= 4 is 37.7 Å². The zero-order valence-electron chi connectivity index (χ0n) is 26.2. The molecule has 0 spiro atoms. The number of fused-ring (bicyclic) bond motifs is 9. The molecule has 2 aliphatic carbocycles. The first-order valence-corrected chi connectivity index (χ1v) is 16.6. The lowest BCUT2D eigenvalue weighted by molar-refractivity contribution is 0.659. The Balaban J connectivity index is 0.000000134. The second-order valence-corrected chi connectivity index (χ2v) is 14.5. The van der Waals surface area contributed by atoms with Gasteiger partial charge in [-0.1, -0.05) is 147 Å². The van der Waals surface area contributed by atoms with Crippen LogP contribution in [-0.4, -0.2) is 4.98 Å². The topological polar surface area (TPSA) is 15.8 Å². The molecule has 0 aliphatic heterocycles.